The molecule has 0 spiro atoms. The molecular formula is C22H26N4O2. The molecule has 0 saturated carbocycles. The van der Waals surface area contributed by atoms with Gasteiger partial charge in [0.25, 0.3) is 0 Å². The molecule has 0 aromatic heterocycles. The standard InChI is InChI=1S/C22H26N4O2/c1-3-25(19-11-9-17(2)10-12-19)24-21(27)13-14-22(28)26-16-15-20(23-26)18-7-5-4-6-8-18/h4-12H,3,13-16H2,1-2H3,(H,24,27). The van der Waals surface area contributed by atoms with E-state index in [1.165, 1.54) is 5.01 Å². The zero-order chi connectivity index (χ0) is 19.9. The Kier molecular flexibility index (Phi) is 6.42. The van der Waals surface area contributed by atoms with Gasteiger partial charge in [0.2, 0.25) is 11.8 Å². The van der Waals surface area contributed by atoms with Crippen LogP contribution in [0.3, 0.4) is 0 Å². The van der Waals surface area contributed by atoms with Crippen molar-refractivity contribution in [3.63, 3.8) is 0 Å². The topological polar surface area (TPSA) is 65.0 Å². The summed E-state index contributed by atoms with van der Waals surface area (Å²) in [5.41, 5.74) is 6.90. The first-order valence-corrected chi connectivity index (χ1v) is 9.63. The number of hydrogen-bond acceptors (Lipinski definition) is 4. The Hall–Kier alpha value is -3.15. The fourth-order valence-electron chi connectivity index (χ4n) is 3.08. The highest BCUT2D eigenvalue weighted by molar-refractivity contribution is 6.02. The summed E-state index contributed by atoms with van der Waals surface area (Å²) in [6, 6.07) is 17.8. The van der Waals surface area contributed by atoms with Crippen LogP contribution in [0.2, 0.25) is 0 Å². The lowest BCUT2D eigenvalue weighted by Gasteiger charge is -2.24. The van der Waals surface area contributed by atoms with Crippen LogP contribution >= 0.6 is 0 Å². The van der Waals surface area contributed by atoms with Gasteiger partial charge in [-0.2, -0.15) is 5.10 Å². The number of anilines is 1. The second-order valence-electron chi connectivity index (χ2n) is 6.79. The molecule has 0 bridgehead atoms. The van der Waals surface area contributed by atoms with Crippen molar-refractivity contribution in [2.24, 2.45) is 5.10 Å². The van der Waals surface area contributed by atoms with Gasteiger partial charge < -0.3 is 0 Å². The van der Waals surface area contributed by atoms with Crippen LogP contribution in [0.15, 0.2) is 59.7 Å². The number of nitrogens with zero attached hydrogens (tertiary/aromatic N) is 3. The van der Waals surface area contributed by atoms with Crippen molar-refractivity contribution in [1.29, 1.82) is 0 Å². The molecule has 1 heterocycles. The van der Waals surface area contributed by atoms with Gasteiger partial charge in [0, 0.05) is 25.8 Å². The number of nitrogens with one attached hydrogen (secondary N) is 1. The number of hydrogen-bond donors (Lipinski definition) is 1. The highest BCUT2D eigenvalue weighted by Crippen LogP contribution is 2.16. The molecule has 0 fully saturated rings. The van der Waals surface area contributed by atoms with Gasteiger partial charge in [-0.25, -0.2) is 5.01 Å². The van der Waals surface area contributed by atoms with E-state index >= 15 is 0 Å². The highest BCUT2D eigenvalue weighted by atomic mass is 16.2. The Labute approximate surface area is 165 Å². The van der Waals surface area contributed by atoms with E-state index in [-0.39, 0.29) is 24.7 Å². The van der Waals surface area contributed by atoms with Crippen molar-refractivity contribution in [2.45, 2.75) is 33.1 Å². The first-order chi connectivity index (χ1) is 13.6. The lowest BCUT2D eigenvalue weighted by molar-refractivity contribution is -0.133. The van der Waals surface area contributed by atoms with Crippen molar-refractivity contribution in [3.05, 3.63) is 65.7 Å². The van der Waals surface area contributed by atoms with Gasteiger partial charge in [-0.05, 0) is 31.5 Å². The van der Waals surface area contributed by atoms with E-state index in [0.29, 0.717) is 13.1 Å². The summed E-state index contributed by atoms with van der Waals surface area (Å²) in [5.74, 6) is -0.304. The average Bonchev–Trinajstić information content (AvgIpc) is 3.22. The third kappa shape index (κ3) is 4.97. The van der Waals surface area contributed by atoms with Gasteiger partial charge in [0.05, 0.1) is 17.9 Å². The summed E-state index contributed by atoms with van der Waals surface area (Å²) in [7, 11) is 0. The van der Waals surface area contributed by atoms with E-state index in [1.54, 1.807) is 5.01 Å². The number of rotatable bonds is 7. The third-order valence-corrected chi connectivity index (χ3v) is 4.68. The summed E-state index contributed by atoms with van der Waals surface area (Å²) in [6.45, 7) is 5.19. The molecule has 6 heteroatoms. The molecular weight excluding hydrogens is 352 g/mol. The average molecular weight is 378 g/mol. The Bertz CT molecular complexity index is 847. The second-order valence-corrected chi connectivity index (χ2v) is 6.79. The predicted octanol–water partition coefficient (Wildman–Crippen LogP) is 3.27. The number of carbonyl (C=O) groups is 2. The monoisotopic (exact) mass is 378 g/mol. The van der Waals surface area contributed by atoms with Crippen molar-refractivity contribution in [2.75, 3.05) is 18.1 Å². The van der Waals surface area contributed by atoms with E-state index in [9.17, 15) is 9.59 Å². The Morgan fingerprint density at radius 1 is 1.07 bits per heavy atom. The minimum absolute atomic E-state index is 0.125. The number of aryl methyl sites for hydroxylation is 1. The Morgan fingerprint density at radius 2 is 1.79 bits per heavy atom. The lowest BCUT2D eigenvalue weighted by Crippen LogP contribution is -2.42. The first-order valence-electron chi connectivity index (χ1n) is 9.63. The summed E-state index contributed by atoms with van der Waals surface area (Å²) < 4.78 is 0. The molecule has 6 nitrogen and oxygen atoms in total. The number of hydrazone groups is 1. The Morgan fingerprint density at radius 3 is 2.46 bits per heavy atom. The molecule has 0 atom stereocenters. The Balaban J connectivity index is 1.51. The molecule has 1 aliphatic rings. The number of hydrazine groups is 1. The summed E-state index contributed by atoms with van der Waals surface area (Å²) in [4.78, 5) is 24.7. The molecule has 0 radical (unpaired) electrons. The van der Waals surface area contributed by atoms with E-state index in [0.717, 1.165) is 28.9 Å². The van der Waals surface area contributed by atoms with Crippen molar-refractivity contribution < 1.29 is 9.59 Å². The van der Waals surface area contributed by atoms with Gasteiger partial charge >= 0.3 is 0 Å². The normalized spacial score (nSPS) is 13.2. The summed E-state index contributed by atoms with van der Waals surface area (Å²) in [6.07, 6.45) is 1.01. The largest absolute Gasteiger partial charge is 0.286 e. The fraction of sp³-hybridized carbons (Fsp3) is 0.318. The van der Waals surface area contributed by atoms with Crippen LogP contribution in [-0.2, 0) is 9.59 Å². The van der Waals surface area contributed by atoms with E-state index in [2.05, 4.69) is 10.5 Å². The zero-order valence-corrected chi connectivity index (χ0v) is 16.4. The molecule has 2 aromatic rings. The van der Waals surface area contributed by atoms with E-state index in [1.807, 2.05) is 68.4 Å². The van der Waals surface area contributed by atoms with Crippen molar-refractivity contribution in [3.8, 4) is 0 Å². The summed E-state index contributed by atoms with van der Waals surface area (Å²) in [5, 5.41) is 7.69. The maximum atomic E-state index is 12.4. The quantitative estimate of drug-likeness (QED) is 0.752. The predicted molar refractivity (Wildman–Crippen MR) is 111 cm³/mol. The molecule has 0 aliphatic carbocycles. The maximum Gasteiger partial charge on any atom is 0.243 e. The van der Waals surface area contributed by atoms with Crippen LogP contribution in [0.5, 0.6) is 0 Å². The molecule has 28 heavy (non-hydrogen) atoms. The highest BCUT2D eigenvalue weighted by Gasteiger charge is 2.22. The van der Waals surface area contributed by atoms with Gasteiger partial charge in [-0.3, -0.25) is 20.0 Å². The maximum absolute atomic E-state index is 12.4. The van der Waals surface area contributed by atoms with Crippen LogP contribution in [0.4, 0.5) is 5.69 Å². The minimum atomic E-state index is -0.178. The molecule has 0 unspecified atom stereocenters. The number of benzene rings is 2. The zero-order valence-electron chi connectivity index (χ0n) is 16.4. The summed E-state index contributed by atoms with van der Waals surface area (Å²) >= 11 is 0. The molecule has 3 rings (SSSR count). The molecule has 0 saturated heterocycles. The van der Waals surface area contributed by atoms with Gasteiger partial charge in [0.1, 0.15) is 0 Å². The van der Waals surface area contributed by atoms with Crippen molar-refractivity contribution >= 4 is 23.2 Å². The first kappa shape index (κ1) is 19.6. The van der Waals surface area contributed by atoms with Crippen LogP contribution < -0.4 is 10.4 Å². The van der Waals surface area contributed by atoms with Crippen LogP contribution in [0.25, 0.3) is 0 Å². The lowest BCUT2D eigenvalue weighted by atomic mass is 10.1. The SMILES string of the molecule is CCN(NC(=O)CCC(=O)N1CCC(c2ccccc2)=N1)c1ccc(C)cc1. The molecule has 1 N–H and O–H groups in total. The molecule has 2 amide bonds. The van der Waals surface area contributed by atoms with E-state index < -0.39 is 0 Å². The van der Waals surface area contributed by atoms with Gasteiger partial charge in [-0.15, -0.1) is 0 Å². The van der Waals surface area contributed by atoms with Crippen LogP contribution in [0, 0.1) is 6.92 Å². The number of amides is 2. The third-order valence-electron chi connectivity index (χ3n) is 4.68. The second kappa shape index (κ2) is 9.17. The van der Waals surface area contributed by atoms with Crippen molar-refractivity contribution in [1.82, 2.24) is 10.4 Å². The van der Waals surface area contributed by atoms with Gasteiger partial charge in [-0.1, -0.05) is 48.0 Å². The fourth-order valence-corrected chi connectivity index (χ4v) is 3.08. The molecule has 146 valence electrons. The smallest absolute Gasteiger partial charge is 0.243 e. The molecule has 2 aromatic carbocycles. The minimum Gasteiger partial charge on any atom is -0.286 e. The number of carbonyl (C=O) groups excluding carboxylic acids is 2. The van der Waals surface area contributed by atoms with Gasteiger partial charge in [0.15, 0.2) is 0 Å². The van der Waals surface area contributed by atoms with Crippen LogP contribution in [0.1, 0.15) is 37.3 Å². The molecule has 1 aliphatic heterocycles. The van der Waals surface area contributed by atoms with Crippen LogP contribution in [-0.4, -0.2) is 35.6 Å². The van der Waals surface area contributed by atoms with E-state index in [4.69, 9.17) is 0 Å².